The third-order valence-electron chi connectivity index (χ3n) is 3.39. The molecule has 0 radical (unpaired) electrons. The maximum absolute atomic E-state index is 6.24. The number of aryl methyl sites for hydroxylation is 1. The molecule has 2 aromatic carbocycles. The lowest BCUT2D eigenvalue weighted by molar-refractivity contribution is 0.494. The van der Waals surface area contributed by atoms with Crippen molar-refractivity contribution in [3.63, 3.8) is 0 Å². The van der Waals surface area contributed by atoms with Crippen LogP contribution >= 0.6 is 0 Å². The van der Waals surface area contributed by atoms with Gasteiger partial charge in [0.05, 0.1) is 6.04 Å². The molecule has 2 heteroatoms. The van der Waals surface area contributed by atoms with E-state index in [-0.39, 0.29) is 6.04 Å². The number of furan rings is 1. The molecule has 1 aromatic heterocycles. The second-order valence-corrected chi connectivity index (χ2v) is 4.98. The van der Waals surface area contributed by atoms with Gasteiger partial charge in [0.2, 0.25) is 0 Å². The smallest absolute Gasteiger partial charge is 0.134 e. The summed E-state index contributed by atoms with van der Waals surface area (Å²) in [5, 5.41) is 1.11. The average molecular weight is 251 g/mol. The number of nitrogens with two attached hydrogens (primary N) is 1. The predicted molar refractivity (Wildman–Crippen MR) is 78.0 cm³/mol. The van der Waals surface area contributed by atoms with Crippen LogP contribution in [0.2, 0.25) is 0 Å². The molecule has 0 aliphatic rings. The summed E-state index contributed by atoms with van der Waals surface area (Å²) in [5.74, 6) is 0.849. The Kier molecular flexibility index (Phi) is 3.10. The second kappa shape index (κ2) is 4.90. The molecule has 0 fully saturated rings. The number of hydrogen-bond donors (Lipinski definition) is 1. The topological polar surface area (TPSA) is 39.2 Å². The van der Waals surface area contributed by atoms with Gasteiger partial charge in [-0.25, -0.2) is 0 Å². The maximum atomic E-state index is 6.24. The third kappa shape index (κ3) is 2.54. The monoisotopic (exact) mass is 251 g/mol. The van der Waals surface area contributed by atoms with E-state index in [1.807, 2.05) is 30.3 Å². The molecule has 1 unspecified atom stereocenters. The lowest BCUT2D eigenvalue weighted by atomic mass is 10.0. The first-order valence-corrected chi connectivity index (χ1v) is 6.52. The number of benzene rings is 2. The van der Waals surface area contributed by atoms with Gasteiger partial charge in [-0.15, -0.1) is 0 Å². The van der Waals surface area contributed by atoms with E-state index in [2.05, 4.69) is 31.2 Å². The number of para-hydroxylation sites is 1. The van der Waals surface area contributed by atoms with E-state index in [1.165, 1.54) is 11.1 Å². The summed E-state index contributed by atoms with van der Waals surface area (Å²) in [6.07, 6.45) is 0.792. The Hall–Kier alpha value is -2.06. The largest absolute Gasteiger partial charge is 0.459 e. The summed E-state index contributed by atoms with van der Waals surface area (Å²) in [7, 11) is 0. The molecule has 2 N–H and O–H groups in total. The zero-order valence-corrected chi connectivity index (χ0v) is 11.0. The molecule has 0 aliphatic heterocycles. The van der Waals surface area contributed by atoms with Crippen LogP contribution in [0.1, 0.15) is 22.9 Å². The predicted octanol–water partition coefficient (Wildman–Crippen LogP) is 3.98. The minimum absolute atomic E-state index is 0.102. The molecule has 0 amide bonds. The summed E-state index contributed by atoms with van der Waals surface area (Å²) < 4.78 is 5.80. The van der Waals surface area contributed by atoms with Crippen LogP contribution < -0.4 is 5.73 Å². The van der Waals surface area contributed by atoms with Gasteiger partial charge in [0.15, 0.2) is 0 Å². The van der Waals surface area contributed by atoms with Gasteiger partial charge < -0.3 is 10.2 Å². The molecular formula is C17H17NO. The third-order valence-corrected chi connectivity index (χ3v) is 3.39. The molecule has 96 valence electrons. The summed E-state index contributed by atoms with van der Waals surface area (Å²) >= 11 is 0. The van der Waals surface area contributed by atoms with Crippen LogP contribution in [-0.2, 0) is 6.42 Å². The maximum Gasteiger partial charge on any atom is 0.134 e. The molecule has 0 bridgehead atoms. The van der Waals surface area contributed by atoms with Crippen molar-refractivity contribution in [3.8, 4) is 0 Å². The molecule has 0 spiro atoms. The van der Waals surface area contributed by atoms with Gasteiger partial charge >= 0.3 is 0 Å². The fourth-order valence-corrected chi connectivity index (χ4v) is 2.26. The first kappa shape index (κ1) is 12.0. The van der Waals surface area contributed by atoms with Crippen molar-refractivity contribution in [2.75, 3.05) is 0 Å². The Bertz CT molecular complexity index is 649. The Morgan fingerprint density at radius 1 is 1.05 bits per heavy atom. The van der Waals surface area contributed by atoms with Crippen LogP contribution in [0.25, 0.3) is 11.0 Å². The highest BCUT2D eigenvalue weighted by Gasteiger charge is 2.12. The minimum Gasteiger partial charge on any atom is -0.459 e. The molecule has 0 saturated carbocycles. The van der Waals surface area contributed by atoms with Crippen molar-refractivity contribution in [1.82, 2.24) is 0 Å². The van der Waals surface area contributed by atoms with Gasteiger partial charge in [0.1, 0.15) is 11.3 Å². The van der Waals surface area contributed by atoms with Gasteiger partial charge in [0, 0.05) is 5.39 Å². The van der Waals surface area contributed by atoms with Crippen molar-refractivity contribution >= 4 is 11.0 Å². The molecule has 3 aromatic rings. The highest BCUT2D eigenvalue weighted by atomic mass is 16.3. The SMILES string of the molecule is Cc1ccc(CC(N)c2cc3ccccc3o2)cc1. The van der Waals surface area contributed by atoms with E-state index in [9.17, 15) is 0 Å². The molecule has 0 aliphatic carbocycles. The first-order valence-electron chi connectivity index (χ1n) is 6.52. The Labute approximate surface area is 112 Å². The quantitative estimate of drug-likeness (QED) is 0.764. The van der Waals surface area contributed by atoms with Crippen molar-refractivity contribution < 1.29 is 4.42 Å². The van der Waals surface area contributed by atoms with E-state index >= 15 is 0 Å². The standard InChI is InChI=1S/C17H17NO/c1-12-6-8-13(9-7-12)10-15(18)17-11-14-4-2-3-5-16(14)19-17/h2-9,11,15H,10,18H2,1H3. The number of rotatable bonds is 3. The molecule has 0 saturated heterocycles. The summed E-state index contributed by atoms with van der Waals surface area (Å²) in [4.78, 5) is 0. The van der Waals surface area contributed by atoms with Gasteiger partial charge in [0.25, 0.3) is 0 Å². The van der Waals surface area contributed by atoms with E-state index in [4.69, 9.17) is 10.2 Å². The zero-order valence-electron chi connectivity index (χ0n) is 11.0. The van der Waals surface area contributed by atoms with Crippen molar-refractivity contribution in [1.29, 1.82) is 0 Å². The van der Waals surface area contributed by atoms with Gasteiger partial charge in [-0.3, -0.25) is 0 Å². The molecule has 19 heavy (non-hydrogen) atoms. The normalized spacial score (nSPS) is 12.7. The van der Waals surface area contributed by atoms with Crippen LogP contribution in [0.3, 0.4) is 0 Å². The average Bonchev–Trinajstić information content (AvgIpc) is 2.85. The second-order valence-electron chi connectivity index (χ2n) is 4.98. The molecule has 3 rings (SSSR count). The Morgan fingerprint density at radius 2 is 1.79 bits per heavy atom. The minimum atomic E-state index is -0.102. The van der Waals surface area contributed by atoms with Crippen LogP contribution in [0.5, 0.6) is 0 Å². The number of hydrogen-bond acceptors (Lipinski definition) is 2. The summed E-state index contributed by atoms with van der Waals surface area (Å²) in [6.45, 7) is 2.09. The van der Waals surface area contributed by atoms with Crippen LogP contribution in [0.4, 0.5) is 0 Å². The molecule has 1 heterocycles. The van der Waals surface area contributed by atoms with Crippen LogP contribution in [-0.4, -0.2) is 0 Å². The lowest BCUT2D eigenvalue weighted by Crippen LogP contribution is -2.12. The van der Waals surface area contributed by atoms with Gasteiger partial charge in [-0.05, 0) is 31.0 Å². The molecule has 1 atom stereocenters. The summed E-state index contributed by atoms with van der Waals surface area (Å²) in [5.41, 5.74) is 9.63. The highest BCUT2D eigenvalue weighted by molar-refractivity contribution is 5.77. The zero-order chi connectivity index (χ0) is 13.2. The molecular weight excluding hydrogens is 234 g/mol. The first-order chi connectivity index (χ1) is 9.22. The molecule has 2 nitrogen and oxygen atoms in total. The Balaban J connectivity index is 1.83. The highest BCUT2D eigenvalue weighted by Crippen LogP contribution is 2.24. The van der Waals surface area contributed by atoms with Crippen molar-refractivity contribution in [2.24, 2.45) is 5.73 Å². The van der Waals surface area contributed by atoms with E-state index in [0.717, 1.165) is 23.2 Å². The van der Waals surface area contributed by atoms with E-state index in [1.54, 1.807) is 0 Å². The lowest BCUT2D eigenvalue weighted by Gasteiger charge is -2.08. The van der Waals surface area contributed by atoms with Gasteiger partial charge in [-0.1, -0.05) is 48.0 Å². The van der Waals surface area contributed by atoms with Crippen molar-refractivity contribution in [3.05, 3.63) is 71.5 Å². The number of fused-ring (bicyclic) bond motifs is 1. The van der Waals surface area contributed by atoms with Crippen molar-refractivity contribution in [2.45, 2.75) is 19.4 Å². The Morgan fingerprint density at radius 3 is 2.53 bits per heavy atom. The van der Waals surface area contributed by atoms with Crippen LogP contribution in [0, 0.1) is 6.92 Å². The van der Waals surface area contributed by atoms with Gasteiger partial charge in [-0.2, -0.15) is 0 Å². The van der Waals surface area contributed by atoms with E-state index in [0.29, 0.717) is 0 Å². The summed E-state index contributed by atoms with van der Waals surface area (Å²) in [6, 6.07) is 18.4. The fourth-order valence-electron chi connectivity index (χ4n) is 2.26. The van der Waals surface area contributed by atoms with Crippen LogP contribution in [0.15, 0.2) is 59.0 Å². The van der Waals surface area contributed by atoms with E-state index < -0.39 is 0 Å². The fraction of sp³-hybridized carbons (Fsp3) is 0.176.